The summed E-state index contributed by atoms with van der Waals surface area (Å²) in [4.78, 5) is 24.7. The molecule has 0 saturated carbocycles. The van der Waals surface area contributed by atoms with Crippen molar-refractivity contribution in [1.82, 2.24) is 15.6 Å². The Morgan fingerprint density at radius 1 is 1.00 bits per heavy atom. The van der Waals surface area contributed by atoms with Crippen LogP contribution in [0.15, 0.2) is 53.4 Å². The highest BCUT2D eigenvalue weighted by molar-refractivity contribution is 7.89. The van der Waals surface area contributed by atoms with E-state index in [2.05, 4.69) is 15.6 Å². The Bertz CT molecular complexity index is 977. The third-order valence-corrected chi connectivity index (χ3v) is 5.84. The van der Waals surface area contributed by atoms with Crippen molar-refractivity contribution < 1.29 is 22.7 Å². The van der Waals surface area contributed by atoms with Crippen LogP contribution in [0.4, 0.5) is 0 Å². The fraction of sp³-hybridized carbons (Fsp3) is 0.300. The number of hydrogen-bond donors (Lipinski definition) is 3. The molecule has 0 radical (unpaired) electrons. The first kappa shape index (κ1) is 23.7. The van der Waals surface area contributed by atoms with Gasteiger partial charge in [-0.1, -0.05) is 25.4 Å². The quantitative estimate of drug-likeness (QED) is 0.531. The second kappa shape index (κ2) is 10.4. The van der Waals surface area contributed by atoms with Gasteiger partial charge in [0, 0.05) is 10.6 Å². The molecule has 0 aliphatic rings. The molecular formula is C20H24ClN3O5S. The summed E-state index contributed by atoms with van der Waals surface area (Å²) in [5.41, 5.74) is 4.85. The summed E-state index contributed by atoms with van der Waals surface area (Å²) in [5.74, 6) is -0.703. The molecule has 2 rings (SSSR count). The number of ether oxygens (including phenoxy) is 1. The van der Waals surface area contributed by atoms with E-state index in [1.54, 1.807) is 12.1 Å². The first-order valence-electron chi connectivity index (χ1n) is 9.14. The van der Waals surface area contributed by atoms with Crippen LogP contribution in [0.25, 0.3) is 0 Å². The zero-order valence-corrected chi connectivity index (χ0v) is 18.4. The lowest BCUT2D eigenvalue weighted by molar-refractivity contribution is -0.123. The molecule has 8 nitrogen and oxygen atoms in total. The summed E-state index contributed by atoms with van der Waals surface area (Å²) < 4.78 is 32.8. The highest BCUT2D eigenvalue weighted by Crippen LogP contribution is 2.17. The normalized spacial score (nSPS) is 12.3. The Labute approximate surface area is 181 Å². The van der Waals surface area contributed by atoms with Gasteiger partial charge in [-0.3, -0.25) is 20.4 Å². The van der Waals surface area contributed by atoms with Crippen LogP contribution in [0.2, 0.25) is 5.02 Å². The van der Waals surface area contributed by atoms with Crippen molar-refractivity contribution in [3.8, 4) is 5.75 Å². The van der Waals surface area contributed by atoms with Gasteiger partial charge in [0.15, 0.2) is 0 Å². The fourth-order valence-corrected chi connectivity index (χ4v) is 3.90. The molecule has 2 aromatic carbocycles. The molecule has 0 aliphatic carbocycles. The van der Waals surface area contributed by atoms with Crippen molar-refractivity contribution >= 4 is 33.4 Å². The van der Waals surface area contributed by atoms with Crippen molar-refractivity contribution in [2.75, 3.05) is 7.11 Å². The van der Waals surface area contributed by atoms with Crippen LogP contribution in [-0.4, -0.2) is 33.4 Å². The van der Waals surface area contributed by atoms with Crippen molar-refractivity contribution in [3.05, 3.63) is 59.1 Å². The Kier molecular flexibility index (Phi) is 8.22. The minimum Gasteiger partial charge on any atom is -0.497 e. The number of halogens is 1. The van der Waals surface area contributed by atoms with Crippen molar-refractivity contribution in [2.45, 2.75) is 31.2 Å². The number of hydrazine groups is 1. The van der Waals surface area contributed by atoms with E-state index in [-0.39, 0.29) is 17.2 Å². The molecule has 0 saturated heterocycles. The number of hydrogen-bond acceptors (Lipinski definition) is 5. The molecule has 0 aliphatic heterocycles. The summed E-state index contributed by atoms with van der Waals surface area (Å²) in [6, 6.07) is 10.8. The third kappa shape index (κ3) is 6.72. The zero-order valence-electron chi connectivity index (χ0n) is 16.8. The van der Waals surface area contributed by atoms with Crippen LogP contribution in [0.1, 0.15) is 30.6 Å². The van der Waals surface area contributed by atoms with E-state index in [0.29, 0.717) is 16.3 Å². The number of amides is 2. The topological polar surface area (TPSA) is 114 Å². The van der Waals surface area contributed by atoms with Gasteiger partial charge in [-0.15, -0.1) is 0 Å². The van der Waals surface area contributed by atoms with Gasteiger partial charge in [-0.2, -0.15) is 4.72 Å². The van der Waals surface area contributed by atoms with Gasteiger partial charge in [-0.25, -0.2) is 8.42 Å². The molecule has 0 bridgehead atoms. The first-order chi connectivity index (χ1) is 14.1. The molecule has 2 amide bonds. The lowest BCUT2D eigenvalue weighted by Gasteiger charge is -2.20. The molecule has 0 heterocycles. The minimum absolute atomic E-state index is 0.00458. The molecule has 1 unspecified atom stereocenters. The van der Waals surface area contributed by atoms with Crippen LogP contribution in [0.3, 0.4) is 0 Å². The summed E-state index contributed by atoms with van der Waals surface area (Å²) >= 11 is 5.79. The van der Waals surface area contributed by atoms with Gasteiger partial charge in [0.05, 0.1) is 12.0 Å². The van der Waals surface area contributed by atoms with Crippen molar-refractivity contribution in [1.29, 1.82) is 0 Å². The van der Waals surface area contributed by atoms with Crippen LogP contribution >= 0.6 is 11.6 Å². The van der Waals surface area contributed by atoms with Crippen LogP contribution < -0.4 is 20.3 Å². The minimum atomic E-state index is -3.96. The van der Waals surface area contributed by atoms with E-state index in [0.717, 1.165) is 0 Å². The number of nitrogens with one attached hydrogen (secondary N) is 3. The van der Waals surface area contributed by atoms with E-state index in [4.69, 9.17) is 16.3 Å². The Hall–Kier alpha value is -2.62. The maximum absolute atomic E-state index is 12.7. The molecule has 0 spiro atoms. The maximum atomic E-state index is 12.7. The van der Waals surface area contributed by atoms with Gasteiger partial charge < -0.3 is 4.74 Å². The summed E-state index contributed by atoms with van der Waals surface area (Å²) in [6.07, 6.45) is 0.234. The summed E-state index contributed by atoms with van der Waals surface area (Å²) in [7, 11) is -2.49. The smallest absolute Gasteiger partial charge is 0.269 e. The van der Waals surface area contributed by atoms with E-state index in [1.807, 2.05) is 13.8 Å². The van der Waals surface area contributed by atoms with Gasteiger partial charge in [0.1, 0.15) is 11.8 Å². The second-order valence-corrected chi connectivity index (χ2v) is 9.08. The van der Waals surface area contributed by atoms with Gasteiger partial charge >= 0.3 is 0 Å². The summed E-state index contributed by atoms with van der Waals surface area (Å²) in [5, 5.41) is 0.473. The first-order valence-corrected chi connectivity index (χ1v) is 11.0. The maximum Gasteiger partial charge on any atom is 0.269 e. The highest BCUT2D eigenvalue weighted by Gasteiger charge is 2.27. The van der Waals surface area contributed by atoms with Crippen molar-refractivity contribution in [2.24, 2.45) is 5.92 Å². The molecule has 1 atom stereocenters. The largest absolute Gasteiger partial charge is 0.497 e. The highest BCUT2D eigenvalue weighted by atomic mass is 35.5. The Morgan fingerprint density at radius 3 is 2.13 bits per heavy atom. The number of carbonyl (C=O) groups is 2. The summed E-state index contributed by atoms with van der Waals surface area (Å²) in [6.45, 7) is 3.71. The van der Waals surface area contributed by atoms with Gasteiger partial charge in [-0.05, 0) is 60.9 Å². The standard InChI is InChI=1S/C20H24ClN3O5S/c1-13(2)12-18(24-30(27,28)17-10-8-16(29-3)9-11-17)20(26)23-22-19(25)14-4-6-15(21)7-5-14/h4-11,13,18,24H,12H2,1-3H3,(H,22,25)(H,23,26). The van der Waals surface area contributed by atoms with E-state index in [9.17, 15) is 18.0 Å². The Balaban J connectivity index is 2.08. The number of benzene rings is 2. The molecular weight excluding hydrogens is 430 g/mol. The average molecular weight is 454 g/mol. The molecule has 10 heteroatoms. The molecule has 0 fully saturated rings. The fourth-order valence-electron chi connectivity index (χ4n) is 2.57. The number of rotatable bonds is 8. The lowest BCUT2D eigenvalue weighted by Crippen LogP contribution is -2.52. The molecule has 162 valence electrons. The number of sulfonamides is 1. The Morgan fingerprint density at radius 2 is 1.60 bits per heavy atom. The number of methoxy groups -OCH3 is 1. The van der Waals surface area contributed by atoms with E-state index >= 15 is 0 Å². The monoisotopic (exact) mass is 453 g/mol. The third-order valence-electron chi connectivity index (χ3n) is 4.10. The predicted octanol–water partition coefficient (Wildman–Crippen LogP) is 2.50. The van der Waals surface area contributed by atoms with Crippen LogP contribution in [-0.2, 0) is 14.8 Å². The average Bonchev–Trinajstić information content (AvgIpc) is 2.71. The SMILES string of the molecule is COc1ccc(S(=O)(=O)NC(CC(C)C)C(=O)NNC(=O)c2ccc(Cl)cc2)cc1. The molecule has 3 N–H and O–H groups in total. The van der Waals surface area contributed by atoms with Gasteiger partial charge in [0.25, 0.3) is 11.8 Å². The van der Waals surface area contributed by atoms with E-state index < -0.39 is 27.9 Å². The van der Waals surface area contributed by atoms with Gasteiger partial charge in [0.2, 0.25) is 10.0 Å². The van der Waals surface area contributed by atoms with Crippen molar-refractivity contribution in [3.63, 3.8) is 0 Å². The lowest BCUT2D eigenvalue weighted by atomic mass is 10.0. The van der Waals surface area contributed by atoms with E-state index in [1.165, 1.54) is 43.5 Å². The van der Waals surface area contributed by atoms with Crippen LogP contribution in [0, 0.1) is 5.92 Å². The molecule has 2 aromatic rings. The predicted molar refractivity (Wildman–Crippen MR) is 114 cm³/mol. The molecule has 30 heavy (non-hydrogen) atoms. The number of carbonyl (C=O) groups excluding carboxylic acids is 2. The second-order valence-electron chi connectivity index (χ2n) is 6.93. The zero-order chi connectivity index (χ0) is 22.3. The molecule has 0 aromatic heterocycles. The van der Waals surface area contributed by atoms with Crippen LogP contribution in [0.5, 0.6) is 5.75 Å².